The van der Waals surface area contributed by atoms with Gasteiger partial charge in [0.1, 0.15) is 5.75 Å². The van der Waals surface area contributed by atoms with Gasteiger partial charge in [-0.3, -0.25) is 4.79 Å². The van der Waals surface area contributed by atoms with Crippen molar-refractivity contribution in [3.05, 3.63) is 29.5 Å². The largest absolute Gasteiger partial charge is 0.497 e. The fraction of sp³-hybridized carbons (Fsp3) is 0.308. The number of carbonyl (C=O) groups is 1. The highest BCUT2D eigenvalue weighted by Gasteiger charge is 2.25. The summed E-state index contributed by atoms with van der Waals surface area (Å²) < 4.78 is 5.21. The molecule has 0 radical (unpaired) electrons. The van der Waals surface area contributed by atoms with E-state index in [-0.39, 0.29) is 5.91 Å². The van der Waals surface area contributed by atoms with E-state index < -0.39 is 0 Å². The van der Waals surface area contributed by atoms with Crippen molar-refractivity contribution in [3.8, 4) is 5.75 Å². The fourth-order valence-corrected chi connectivity index (χ4v) is 2.36. The molecule has 2 aromatic rings. The molecule has 0 unspecified atom stereocenters. The van der Waals surface area contributed by atoms with Gasteiger partial charge >= 0.3 is 0 Å². The van der Waals surface area contributed by atoms with Crippen LogP contribution in [0.3, 0.4) is 0 Å². The Kier molecular flexibility index (Phi) is 2.11. The summed E-state index contributed by atoms with van der Waals surface area (Å²) >= 11 is 0. The lowest BCUT2D eigenvalue weighted by atomic mass is 10.0. The molecule has 1 aromatic heterocycles. The van der Waals surface area contributed by atoms with Gasteiger partial charge in [-0.15, -0.1) is 0 Å². The molecule has 1 N–H and O–H groups in total. The predicted molar refractivity (Wildman–Crippen MR) is 65.5 cm³/mol. The Labute approximate surface area is 99.2 Å². The van der Waals surface area contributed by atoms with E-state index in [1.54, 1.807) is 12.0 Å². The Morgan fingerprint density at radius 1 is 1.41 bits per heavy atom. The summed E-state index contributed by atoms with van der Waals surface area (Å²) in [5.74, 6) is 0.867. The first kappa shape index (κ1) is 10.2. The molecule has 4 heteroatoms. The molecule has 2 heterocycles. The Balaban J connectivity index is 2.28. The monoisotopic (exact) mass is 230 g/mol. The number of rotatable bonds is 1. The molecular weight excluding hydrogens is 216 g/mol. The van der Waals surface area contributed by atoms with Gasteiger partial charge in [0.15, 0.2) is 0 Å². The Bertz CT molecular complexity index is 601. The molecule has 88 valence electrons. The SMILES string of the molecule is COc1ccc2[nH]c3c(c2c1)C(=O)N(C)CC3. The Morgan fingerprint density at radius 2 is 2.24 bits per heavy atom. The van der Waals surface area contributed by atoms with Gasteiger partial charge in [-0.2, -0.15) is 0 Å². The number of ether oxygens (including phenoxy) is 1. The Morgan fingerprint density at radius 3 is 3.00 bits per heavy atom. The summed E-state index contributed by atoms with van der Waals surface area (Å²) in [6, 6.07) is 5.78. The lowest BCUT2D eigenvalue weighted by molar-refractivity contribution is 0.0782. The van der Waals surface area contributed by atoms with Crippen molar-refractivity contribution in [2.75, 3.05) is 20.7 Å². The second-order valence-electron chi connectivity index (χ2n) is 4.37. The third-order valence-electron chi connectivity index (χ3n) is 3.34. The third kappa shape index (κ3) is 1.40. The first-order valence-electron chi connectivity index (χ1n) is 5.65. The van der Waals surface area contributed by atoms with E-state index in [9.17, 15) is 4.79 Å². The van der Waals surface area contributed by atoms with Crippen LogP contribution in [0.1, 0.15) is 16.1 Å². The van der Waals surface area contributed by atoms with Crippen molar-refractivity contribution >= 4 is 16.8 Å². The van der Waals surface area contributed by atoms with Crippen LogP contribution in [-0.4, -0.2) is 36.5 Å². The first-order chi connectivity index (χ1) is 8.20. The molecule has 0 saturated carbocycles. The van der Waals surface area contributed by atoms with Gasteiger partial charge in [-0.25, -0.2) is 0 Å². The van der Waals surface area contributed by atoms with E-state index >= 15 is 0 Å². The summed E-state index contributed by atoms with van der Waals surface area (Å²) in [5, 5.41) is 0.955. The van der Waals surface area contributed by atoms with Gasteiger partial charge < -0.3 is 14.6 Å². The number of likely N-dealkylation sites (N-methyl/N-ethyl adjacent to an activating group) is 1. The third-order valence-corrected chi connectivity index (χ3v) is 3.34. The van der Waals surface area contributed by atoms with Crippen LogP contribution in [-0.2, 0) is 6.42 Å². The number of hydrogen-bond acceptors (Lipinski definition) is 2. The molecule has 4 nitrogen and oxygen atoms in total. The van der Waals surface area contributed by atoms with Crippen LogP contribution in [0.4, 0.5) is 0 Å². The zero-order chi connectivity index (χ0) is 12.0. The number of aromatic nitrogens is 1. The Hall–Kier alpha value is -1.97. The summed E-state index contributed by atoms with van der Waals surface area (Å²) in [4.78, 5) is 17.2. The van der Waals surface area contributed by atoms with Crippen molar-refractivity contribution in [2.45, 2.75) is 6.42 Å². The first-order valence-corrected chi connectivity index (χ1v) is 5.65. The van der Waals surface area contributed by atoms with Crippen molar-refractivity contribution in [1.82, 2.24) is 9.88 Å². The summed E-state index contributed by atoms with van der Waals surface area (Å²) in [7, 11) is 3.47. The van der Waals surface area contributed by atoms with Crippen LogP contribution in [0.5, 0.6) is 5.75 Å². The molecule has 0 aliphatic carbocycles. The van der Waals surface area contributed by atoms with Crippen LogP contribution in [0, 0.1) is 0 Å². The minimum Gasteiger partial charge on any atom is -0.497 e. The smallest absolute Gasteiger partial charge is 0.256 e. The van der Waals surface area contributed by atoms with E-state index in [4.69, 9.17) is 4.74 Å². The number of nitrogens with one attached hydrogen (secondary N) is 1. The molecule has 1 aromatic carbocycles. The number of carbonyl (C=O) groups excluding carboxylic acids is 1. The predicted octanol–water partition coefficient (Wildman–Crippen LogP) is 1.80. The minimum atomic E-state index is 0.0887. The maximum atomic E-state index is 12.2. The molecule has 1 aliphatic heterocycles. The summed E-state index contributed by atoms with van der Waals surface area (Å²) in [6.45, 7) is 0.774. The zero-order valence-corrected chi connectivity index (χ0v) is 9.91. The molecule has 1 aliphatic rings. The fourth-order valence-electron chi connectivity index (χ4n) is 2.36. The highest BCUT2D eigenvalue weighted by atomic mass is 16.5. The van der Waals surface area contributed by atoms with Gasteiger partial charge in [0.05, 0.1) is 12.7 Å². The van der Waals surface area contributed by atoms with Crippen LogP contribution in [0.2, 0.25) is 0 Å². The van der Waals surface area contributed by atoms with Crippen molar-refractivity contribution in [3.63, 3.8) is 0 Å². The topological polar surface area (TPSA) is 45.3 Å². The number of fused-ring (bicyclic) bond motifs is 3. The van der Waals surface area contributed by atoms with Crippen molar-refractivity contribution < 1.29 is 9.53 Å². The molecule has 0 saturated heterocycles. The molecule has 17 heavy (non-hydrogen) atoms. The molecule has 1 amide bonds. The summed E-state index contributed by atoms with van der Waals surface area (Å²) in [5.41, 5.74) is 2.84. The number of amides is 1. The van der Waals surface area contributed by atoms with E-state index in [0.29, 0.717) is 0 Å². The average Bonchev–Trinajstić information content (AvgIpc) is 2.71. The van der Waals surface area contributed by atoms with E-state index in [2.05, 4.69) is 4.98 Å². The normalized spacial score (nSPS) is 15.2. The zero-order valence-electron chi connectivity index (χ0n) is 9.91. The van der Waals surface area contributed by atoms with Gasteiger partial charge in [0.2, 0.25) is 0 Å². The van der Waals surface area contributed by atoms with Crippen LogP contribution in [0.15, 0.2) is 18.2 Å². The van der Waals surface area contributed by atoms with Gasteiger partial charge in [0, 0.05) is 36.6 Å². The van der Waals surface area contributed by atoms with Gasteiger partial charge in [-0.05, 0) is 18.2 Å². The van der Waals surface area contributed by atoms with Crippen molar-refractivity contribution in [1.29, 1.82) is 0 Å². The second kappa shape index (κ2) is 3.52. The maximum absolute atomic E-state index is 12.2. The number of benzene rings is 1. The number of aromatic amines is 1. The van der Waals surface area contributed by atoms with E-state index in [1.807, 2.05) is 25.2 Å². The number of H-pyrrole nitrogens is 1. The highest BCUT2D eigenvalue weighted by Crippen LogP contribution is 2.29. The van der Waals surface area contributed by atoms with Gasteiger partial charge in [-0.1, -0.05) is 0 Å². The van der Waals surface area contributed by atoms with E-state index in [0.717, 1.165) is 40.9 Å². The van der Waals surface area contributed by atoms with E-state index in [1.165, 1.54) is 0 Å². The quantitative estimate of drug-likeness (QED) is 0.812. The molecule has 0 bridgehead atoms. The number of methoxy groups -OCH3 is 1. The number of nitrogens with zero attached hydrogens (tertiary/aromatic N) is 1. The van der Waals surface area contributed by atoms with Crippen LogP contribution >= 0.6 is 0 Å². The van der Waals surface area contributed by atoms with Crippen molar-refractivity contribution in [2.24, 2.45) is 0 Å². The lowest BCUT2D eigenvalue weighted by Gasteiger charge is -2.22. The van der Waals surface area contributed by atoms with Gasteiger partial charge in [0.25, 0.3) is 5.91 Å². The molecular formula is C13H14N2O2. The number of hydrogen-bond donors (Lipinski definition) is 1. The standard InChI is InChI=1S/C13H14N2O2/c1-15-6-5-11-12(13(15)16)9-7-8(17-2)3-4-10(9)14-11/h3-4,7,14H,5-6H2,1-2H3. The average molecular weight is 230 g/mol. The maximum Gasteiger partial charge on any atom is 0.256 e. The molecule has 3 rings (SSSR count). The molecule has 0 fully saturated rings. The highest BCUT2D eigenvalue weighted by molar-refractivity contribution is 6.09. The molecule has 0 spiro atoms. The second-order valence-corrected chi connectivity index (χ2v) is 4.37. The van der Waals surface area contributed by atoms with Crippen LogP contribution in [0.25, 0.3) is 10.9 Å². The minimum absolute atomic E-state index is 0.0887. The lowest BCUT2D eigenvalue weighted by Crippen LogP contribution is -2.33. The summed E-state index contributed by atoms with van der Waals surface area (Å²) in [6.07, 6.45) is 0.884. The molecule has 0 atom stereocenters. The van der Waals surface area contributed by atoms with Crippen LogP contribution < -0.4 is 4.74 Å².